The molecule has 0 aromatic heterocycles. The van der Waals surface area contributed by atoms with Crippen LogP contribution in [-0.2, 0) is 6.54 Å². The normalized spacial score (nSPS) is 18.1. The van der Waals surface area contributed by atoms with E-state index in [0.29, 0.717) is 6.54 Å². The highest BCUT2D eigenvalue weighted by molar-refractivity contribution is 8.00. The molecule has 6 nitrogen and oxygen atoms in total. The topological polar surface area (TPSA) is 70.8 Å². The van der Waals surface area contributed by atoms with Gasteiger partial charge in [0.05, 0.1) is 4.92 Å². The van der Waals surface area contributed by atoms with Gasteiger partial charge in [-0.1, -0.05) is 12.1 Å². The number of hydrogen-bond acceptors (Lipinski definition) is 4. The Hall–Kier alpha value is -1.76. The molecule has 1 aliphatic rings. The Morgan fingerprint density at radius 3 is 2.68 bits per heavy atom. The van der Waals surface area contributed by atoms with Gasteiger partial charge in [-0.2, -0.15) is 11.8 Å². The van der Waals surface area contributed by atoms with Crippen LogP contribution in [0.5, 0.6) is 0 Å². The highest BCUT2D eigenvalue weighted by Gasteiger charge is 2.28. The SMILES string of the molecule is CN=C(NCc1ccc([N+](=O)[O-])cc1)N1CCSC(C)(C)C1. The third-order valence-corrected chi connectivity index (χ3v) is 4.83. The Morgan fingerprint density at radius 1 is 1.45 bits per heavy atom. The van der Waals surface area contributed by atoms with E-state index >= 15 is 0 Å². The number of rotatable bonds is 3. The zero-order valence-corrected chi connectivity index (χ0v) is 14.0. The first-order chi connectivity index (χ1) is 10.4. The molecule has 2 rings (SSSR count). The molecule has 0 radical (unpaired) electrons. The molecule has 0 unspecified atom stereocenters. The molecule has 22 heavy (non-hydrogen) atoms. The second-order valence-electron chi connectivity index (χ2n) is 5.85. The maximum absolute atomic E-state index is 10.7. The van der Waals surface area contributed by atoms with E-state index in [1.165, 1.54) is 12.1 Å². The fourth-order valence-electron chi connectivity index (χ4n) is 2.45. The van der Waals surface area contributed by atoms with Gasteiger partial charge in [0.15, 0.2) is 5.96 Å². The molecule has 0 atom stereocenters. The van der Waals surface area contributed by atoms with Gasteiger partial charge in [0.2, 0.25) is 0 Å². The molecule has 1 N–H and O–H groups in total. The predicted molar refractivity (Wildman–Crippen MR) is 91.4 cm³/mol. The van der Waals surface area contributed by atoms with Crippen molar-refractivity contribution in [2.24, 2.45) is 4.99 Å². The minimum absolute atomic E-state index is 0.114. The van der Waals surface area contributed by atoms with Gasteiger partial charge in [0.25, 0.3) is 5.69 Å². The molecule has 120 valence electrons. The van der Waals surface area contributed by atoms with Crippen molar-refractivity contribution >= 4 is 23.4 Å². The maximum atomic E-state index is 10.7. The van der Waals surface area contributed by atoms with Crippen LogP contribution in [0.2, 0.25) is 0 Å². The van der Waals surface area contributed by atoms with Crippen LogP contribution in [0.25, 0.3) is 0 Å². The third kappa shape index (κ3) is 4.37. The zero-order valence-electron chi connectivity index (χ0n) is 13.2. The third-order valence-electron chi connectivity index (χ3n) is 3.53. The molecule has 1 saturated heterocycles. The number of nitro benzene ring substituents is 1. The van der Waals surface area contributed by atoms with E-state index in [2.05, 4.69) is 29.1 Å². The molecule has 1 aromatic rings. The first kappa shape index (κ1) is 16.6. The van der Waals surface area contributed by atoms with E-state index in [0.717, 1.165) is 30.4 Å². The highest BCUT2D eigenvalue weighted by atomic mass is 32.2. The summed E-state index contributed by atoms with van der Waals surface area (Å²) >= 11 is 1.98. The van der Waals surface area contributed by atoms with Gasteiger partial charge in [-0.05, 0) is 19.4 Å². The lowest BCUT2D eigenvalue weighted by Gasteiger charge is -2.39. The minimum atomic E-state index is -0.385. The molecule has 0 aliphatic carbocycles. The van der Waals surface area contributed by atoms with Crippen molar-refractivity contribution in [3.63, 3.8) is 0 Å². The Bertz CT molecular complexity index is 557. The number of non-ortho nitro benzene ring substituents is 1. The van der Waals surface area contributed by atoms with Crippen LogP contribution in [0.3, 0.4) is 0 Å². The van der Waals surface area contributed by atoms with Crippen molar-refractivity contribution in [1.29, 1.82) is 0 Å². The van der Waals surface area contributed by atoms with Gasteiger partial charge < -0.3 is 10.2 Å². The largest absolute Gasteiger partial charge is 0.352 e. The number of nitro groups is 1. The first-order valence-electron chi connectivity index (χ1n) is 7.24. The Labute approximate surface area is 135 Å². The fraction of sp³-hybridized carbons (Fsp3) is 0.533. The fourth-order valence-corrected chi connectivity index (χ4v) is 3.56. The van der Waals surface area contributed by atoms with Gasteiger partial charge in [-0.3, -0.25) is 15.1 Å². The summed E-state index contributed by atoms with van der Waals surface area (Å²) < 4.78 is 0.225. The molecule has 1 aliphatic heterocycles. The molecule has 0 bridgehead atoms. The second kappa shape index (κ2) is 7.00. The second-order valence-corrected chi connectivity index (χ2v) is 7.66. The lowest BCUT2D eigenvalue weighted by Crippen LogP contribution is -2.50. The number of hydrogen-bond donors (Lipinski definition) is 1. The predicted octanol–water partition coefficient (Wildman–Crippen LogP) is 2.50. The molecule has 1 aromatic carbocycles. The molecular weight excluding hydrogens is 300 g/mol. The van der Waals surface area contributed by atoms with Crippen LogP contribution < -0.4 is 5.32 Å². The minimum Gasteiger partial charge on any atom is -0.352 e. The van der Waals surface area contributed by atoms with Gasteiger partial charge in [-0.15, -0.1) is 0 Å². The number of aliphatic imine (C=N–C) groups is 1. The molecule has 0 saturated carbocycles. The van der Waals surface area contributed by atoms with Crippen molar-refractivity contribution in [3.05, 3.63) is 39.9 Å². The van der Waals surface area contributed by atoms with Crippen LogP contribution in [0, 0.1) is 10.1 Å². The highest BCUT2D eigenvalue weighted by Crippen LogP contribution is 2.29. The smallest absolute Gasteiger partial charge is 0.269 e. The summed E-state index contributed by atoms with van der Waals surface area (Å²) in [7, 11) is 1.78. The molecule has 0 amide bonds. The van der Waals surface area contributed by atoms with E-state index in [1.807, 2.05) is 11.8 Å². The molecule has 0 spiro atoms. The van der Waals surface area contributed by atoms with Crippen molar-refractivity contribution in [1.82, 2.24) is 10.2 Å². The summed E-state index contributed by atoms with van der Waals surface area (Å²) in [6.07, 6.45) is 0. The van der Waals surface area contributed by atoms with Gasteiger partial charge in [-0.25, -0.2) is 0 Å². The van der Waals surface area contributed by atoms with Crippen molar-refractivity contribution in [2.45, 2.75) is 25.1 Å². The summed E-state index contributed by atoms with van der Waals surface area (Å²) in [6.45, 7) is 7.03. The van der Waals surface area contributed by atoms with Gasteiger partial charge in [0.1, 0.15) is 0 Å². The number of benzene rings is 1. The number of nitrogens with zero attached hydrogens (tertiary/aromatic N) is 3. The monoisotopic (exact) mass is 322 g/mol. The first-order valence-corrected chi connectivity index (χ1v) is 8.23. The van der Waals surface area contributed by atoms with E-state index in [9.17, 15) is 10.1 Å². The Balaban J connectivity index is 1.95. The molecule has 1 fully saturated rings. The van der Waals surface area contributed by atoms with E-state index in [1.54, 1.807) is 19.2 Å². The van der Waals surface area contributed by atoms with E-state index in [-0.39, 0.29) is 15.4 Å². The summed E-state index contributed by atoms with van der Waals surface area (Å²) in [5.41, 5.74) is 1.11. The van der Waals surface area contributed by atoms with Crippen LogP contribution in [0.4, 0.5) is 5.69 Å². The molecule has 7 heteroatoms. The Kier molecular flexibility index (Phi) is 5.28. The average Bonchev–Trinajstić information content (AvgIpc) is 2.47. The summed E-state index contributed by atoms with van der Waals surface area (Å²) in [5, 5.41) is 14.0. The lowest BCUT2D eigenvalue weighted by molar-refractivity contribution is -0.384. The summed E-state index contributed by atoms with van der Waals surface area (Å²) in [6, 6.07) is 6.60. The molecular formula is C15H22N4O2S. The zero-order chi connectivity index (χ0) is 16.2. The molecule has 1 heterocycles. The van der Waals surface area contributed by atoms with Crippen molar-refractivity contribution in [2.75, 3.05) is 25.9 Å². The van der Waals surface area contributed by atoms with E-state index in [4.69, 9.17) is 0 Å². The number of thioether (sulfide) groups is 1. The Morgan fingerprint density at radius 2 is 2.14 bits per heavy atom. The summed E-state index contributed by atoms with van der Waals surface area (Å²) in [5.74, 6) is 1.97. The lowest BCUT2D eigenvalue weighted by atomic mass is 10.2. The van der Waals surface area contributed by atoms with Crippen molar-refractivity contribution < 1.29 is 4.92 Å². The summed E-state index contributed by atoms with van der Waals surface area (Å²) in [4.78, 5) is 16.9. The number of guanidine groups is 1. The van der Waals surface area contributed by atoms with Gasteiger partial charge >= 0.3 is 0 Å². The van der Waals surface area contributed by atoms with Crippen LogP contribution in [-0.4, -0.2) is 46.4 Å². The van der Waals surface area contributed by atoms with Crippen LogP contribution >= 0.6 is 11.8 Å². The van der Waals surface area contributed by atoms with Crippen LogP contribution in [0.1, 0.15) is 19.4 Å². The van der Waals surface area contributed by atoms with E-state index < -0.39 is 0 Å². The quantitative estimate of drug-likeness (QED) is 0.401. The van der Waals surface area contributed by atoms with Crippen LogP contribution in [0.15, 0.2) is 29.3 Å². The maximum Gasteiger partial charge on any atom is 0.269 e. The van der Waals surface area contributed by atoms with Gasteiger partial charge in [0, 0.05) is 49.3 Å². The standard InChI is InChI=1S/C15H22N4O2S/c1-15(2)11-18(8-9-22-15)14(16-3)17-10-12-4-6-13(7-5-12)19(20)21/h4-7H,8-11H2,1-3H3,(H,16,17). The number of nitrogens with one attached hydrogen (secondary N) is 1. The average molecular weight is 322 g/mol. The van der Waals surface area contributed by atoms with Crippen molar-refractivity contribution in [3.8, 4) is 0 Å².